The average Bonchev–Trinajstić information content (AvgIpc) is 2.80. The second kappa shape index (κ2) is 4.48. The lowest BCUT2D eigenvalue weighted by atomic mass is 10.1. The first-order valence-electron chi connectivity index (χ1n) is 4.62. The number of hydrogen-bond donors (Lipinski definition) is 1. The van der Waals surface area contributed by atoms with Crippen molar-refractivity contribution in [2.24, 2.45) is 0 Å². The molecule has 5 heteroatoms. The lowest BCUT2D eigenvalue weighted by Crippen LogP contribution is -2.09. The SMILES string of the molecule is O=C(O)COc1ccccc1-c1ccno1. The summed E-state index contributed by atoms with van der Waals surface area (Å²) in [6, 6.07) is 8.71. The Morgan fingerprint density at radius 2 is 2.19 bits per heavy atom. The van der Waals surface area contributed by atoms with Gasteiger partial charge in [-0.25, -0.2) is 4.79 Å². The van der Waals surface area contributed by atoms with E-state index in [-0.39, 0.29) is 6.61 Å². The van der Waals surface area contributed by atoms with Crippen molar-refractivity contribution in [1.82, 2.24) is 5.16 Å². The molecule has 82 valence electrons. The van der Waals surface area contributed by atoms with E-state index in [2.05, 4.69) is 5.16 Å². The molecule has 2 rings (SSSR count). The van der Waals surface area contributed by atoms with E-state index < -0.39 is 5.97 Å². The molecule has 0 aliphatic rings. The van der Waals surface area contributed by atoms with Gasteiger partial charge in [0.15, 0.2) is 12.4 Å². The summed E-state index contributed by atoms with van der Waals surface area (Å²) in [6.07, 6.45) is 1.52. The Morgan fingerprint density at radius 1 is 1.38 bits per heavy atom. The first kappa shape index (κ1) is 10.2. The molecule has 2 aromatic rings. The maximum Gasteiger partial charge on any atom is 0.341 e. The molecule has 1 N–H and O–H groups in total. The van der Waals surface area contributed by atoms with Crippen molar-refractivity contribution in [2.75, 3.05) is 6.61 Å². The fourth-order valence-corrected chi connectivity index (χ4v) is 1.29. The quantitative estimate of drug-likeness (QED) is 0.848. The number of hydrogen-bond acceptors (Lipinski definition) is 4. The highest BCUT2D eigenvalue weighted by molar-refractivity contribution is 5.70. The number of benzene rings is 1. The zero-order valence-corrected chi connectivity index (χ0v) is 8.29. The van der Waals surface area contributed by atoms with Crippen LogP contribution in [0, 0.1) is 0 Å². The number of nitrogens with zero attached hydrogens (tertiary/aromatic N) is 1. The van der Waals surface area contributed by atoms with Crippen LogP contribution >= 0.6 is 0 Å². The molecular formula is C11H9NO4. The maximum absolute atomic E-state index is 10.4. The van der Waals surface area contributed by atoms with Crippen molar-refractivity contribution in [3.8, 4) is 17.1 Å². The van der Waals surface area contributed by atoms with Crippen LogP contribution in [0.15, 0.2) is 41.1 Å². The zero-order chi connectivity index (χ0) is 11.4. The summed E-state index contributed by atoms with van der Waals surface area (Å²) in [6.45, 7) is -0.384. The molecule has 0 fully saturated rings. The number of carboxylic acid groups (broad SMARTS) is 1. The van der Waals surface area contributed by atoms with Crippen molar-refractivity contribution in [3.05, 3.63) is 36.5 Å². The van der Waals surface area contributed by atoms with E-state index in [0.29, 0.717) is 17.1 Å². The molecule has 0 saturated carbocycles. The van der Waals surface area contributed by atoms with Gasteiger partial charge in [-0.2, -0.15) is 0 Å². The third-order valence-corrected chi connectivity index (χ3v) is 1.94. The van der Waals surface area contributed by atoms with Gasteiger partial charge in [0, 0.05) is 6.07 Å². The van der Waals surface area contributed by atoms with Crippen LogP contribution < -0.4 is 4.74 Å². The summed E-state index contributed by atoms with van der Waals surface area (Å²) in [5, 5.41) is 12.1. The molecular weight excluding hydrogens is 210 g/mol. The number of carbonyl (C=O) groups is 1. The summed E-state index contributed by atoms with van der Waals surface area (Å²) < 4.78 is 10.1. The Kier molecular flexibility index (Phi) is 2.86. The average molecular weight is 219 g/mol. The maximum atomic E-state index is 10.4. The molecule has 0 saturated heterocycles. The molecule has 1 aromatic heterocycles. The Hall–Kier alpha value is -2.30. The van der Waals surface area contributed by atoms with E-state index >= 15 is 0 Å². The van der Waals surface area contributed by atoms with Gasteiger partial charge in [0.25, 0.3) is 0 Å². The molecule has 0 atom stereocenters. The van der Waals surface area contributed by atoms with Crippen LogP contribution in [0.5, 0.6) is 5.75 Å². The van der Waals surface area contributed by atoms with Gasteiger partial charge in [-0.3, -0.25) is 0 Å². The smallest absolute Gasteiger partial charge is 0.341 e. The third-order valence-electron chi connectivity index (χ3n) is 1.94. The zero-order valence-electron chi connectivity index (χ0n) is 8.29. The Labute approximate surface area is 91.3 Å². The number of para-hydroxylation sites is 1. The summed E-state index contributed by atoms with van der Waals surface area (Å²) in [5.74, 6) is -0.0185. The summed E-state index contributed by atoms with van der Waals surface area (Å²) in [4.78, 5) is 10.4. The minimum absolute atomic E-state index is 0.384. The standard InChI is InChI=1S/C11H9NO4/c13-11(14)7-15-9-4-2-1-3-8(9)10-5-6-12-16-10/h1-6H,7H2,(H,13,14). The van der Waals surface area contributed by atoms with E-state index in [1.807, 2.05) is 6.07 Å². The molecule has 0 amide bonds. The fourth-order valence-electron chi connectivity index (χ4n) is 1.29. The Bertz CT molecular complexity index is 478. The van der Waals surface area contributed by atoms with Crippen LogP contribution in [0.1, 0.15) is 0 Å². The number of aliphatic carboxylic acids is 1. The van der Waals surface area contributed by atoms with Gasteiger partial charge in [0.1, 0.15) is 5.75 Å². The van der Waals surface area contributed by atoms with Gasteiger partial charge < -0.3 is 14.4 Å². The summed E-state index contributed by atoms with van der Waals surface area (Å²) in [7, 11) is 0. The third kappa shape index (κ3) is 2.20. The van der Waals surface area contributed by atoms with Crippen LogP contribution in [0.4, 0.5) is 0 Å². The lowest BCUT2D eigenvalue weighted by molar-refractivity contribution is -0.139. The Morgan fingerprint density at radius 3 is 2.88 bits per heavy atom. The van der Waals surface area contributed by atoms with Gasteiger partial charge in [0.2, 0.25) is 0 Å². The summed E-state index contributed by atoms with van der Waals surface area (Å²) >= 11 is 0. The van der Waals surface area contributed by atoms with Crippen molar-refractivity contribution in [3.63, 3.8) is 0 Å². The van der Waals surface area contributed by atoms with E-state index in [1.165, 1.54) is 6.20 Å². The molecule has 0 aliphatic carbocycles. The predicted molar refractivity (Wildman–Crippen MR) is 55.1 cm³/mol. The first-order chi connectivity index (χ1) is 7.77. The predicted octanol–water partition coefficient (Wildman–Crippen LogP) is 1.81. The molecule has 0 radical (unpaired) electrons. The van der Waals surface area contributed by atoms with Gasteiger partial charge in [-0.1, -0.05) is 17.3 Å². The molecule has 1 heterocycles. The molecule has 0 aliphatic heterocycles. The number of aromatic nitrogens is 1. The number of ether oxygens (including phenoxy) is 1. The molecule has 5 nitrogen and oxygen atoms in total. The molecule has 0 bridgehead atoms. The largest absolute Gasteiger partial charge is 0.481 e. The second-order valence-corrected chi connectivity index (χ2v) is 3.06. The van der Waals surface area contributed by atoms with Gasteiger partial charge in [-0.05, 0) is 12.1 Å². The van der Waals surface area contributed by atoms with E-state index in [0.717, 1.165) is 0 Å². The van der Waals surface area contributed by atoms with Crippen molar-refractivity contribution >= 4 is 5.97 Å². The highest BCUT2D eigenvalue weighted by Crippen LogP contribution is 2.29. The Balaban J connectivity index is 2.27. The van der Waals surface area contributed by atoms with Crippen LogP contribution in [0.2, 0.25) is 0 Å². The molecule has 1 aromatic carbocycles. The van der Waals surface area contributed by atoms with Gasteiger partial charge in [0.05, 0.1) is 11.8 Å². The fraction of sp³-hybridized carbons (Fsp3) is 0.0909. The van der Waals surface area contributed by atoms with Crippen molar-refractivity contribution in [2.45, 2.75) is 0 Å². The molecule has 0 unspecified atom stereocenters. The van der Waals surface area contributed by atoms with Gasteiger partial charge >= 0.3 is 5.97 Å². The van der Waals surface area contributed by atoms with Crippen LogP contribution in [-0.4, -0.2) is 22.8 Å². The van der Waals surface area contributed by atoms with E-state index in [4.69, 9.17) is 14.4 Å². The highest BCUT2D eigenvalue weighted by Gasteiger charge is 2.09. The molecule has 0 spiro atoms. The topological polar surface area (TPSA) is 72.6 Å². The number of carboxylic acids is 1. The van der Waals surface area contributed by atoms with Gasteiger partial charge in [-0.15, -0.1) is 0 Å². The minimum Gasteiger partial charge on any atom is -0.481 e. The van der Waals surface area contributed by atoms with Crippen molar-refractivity contribution < 1.29 is 19.2 Å². The first-order valence-corrected chi connectivity index (χ1v) is 4.62. The monoisotopic (exact) mass is 219 g/mol. The normalized spacial score (nSPS) is 10.0. The minimum atomic E-state index is -1.02. The van der Waals surface area contributed by atoms with E-state index in [9.17, 15) is 4.79 Å². The van der Waals surface area contributed by atoms with Crippen molar-refractivity contribution in [1.29, 1.82) is 0 Å². The molecule has 16 heavy (non-hydrogen) atoms. The van der Waals surface area contributed by atoms with Crippen LogP contribution in [-0.2, 0) is 4.79 Å². The summed E-state index contributed by atoms with van der Waals surface area (Å²) in [5.41, 5.74) is 0.682. The van der Waals surface area contributed by atoms with Crippen LogP contribution in [0.3, 0.4) is 0 Å². The van der Waals surface area contributed by atoms with Crippen LogP contribution in [0.25, 0.3) is 11.3 Å². The van der Waals surface area contributed by atoms with E-state index in [1.54, 1.807) is 24.3 Å². The highest BCUT2D eigenvalue weighted by atomic mass is 16.5. The lowest BCUT2D eigenvalue weighted by Gasteiger charge is -2.06. The number of rotatable bonds is 4. The second-order valence-electron chi connectivity index (χ2n) is 3.06.